The number of amides is 3. The molecule has 10 heteroatoms. The fourth-order valence-electron chi connectivity index (χ4n) is 4.49. The zero-order valence-corrected chi connectivity index (χ0v) is 20.6. The molecule has 1 saturated heterocycles. The lowest BCUT2D eigenvalue weighted by molar-refractivity contribution is -0.142. The van der Waals surface area contributed by atoms with E-state index in [-0.39, 0.29) is 41.3 Å². The molecule has 1 aromatic rings. The zero-order valence-electron chi connectivity index (χ0n) is 20.6. The molecule has 3 amide bonds. The van der Waals surface area contributed by atoms with Crippen LogP contribution in [0.4, 0.5) is 0 Å². The van der Waals surface area contributed by atoms with Gasteiger partial charge in [0.2, 0.25) is 11.8 Å². The Morgan fingerprint density at radius 1 is 1.34 bits per heavy atom. The summed E-state index contributed by atoms with van der Waals surface area (Å²) in [6.07, 6.45) is 6.16. The molecule has 0 spiro atoms. The van der Waals surface area contributed by atoms with Crippen molar-refractivity contribution in [2.45, 2.75) is 58.4 Å². The van der Waals surface area contributed by atoms with Crippen LogP contribution in [0.3, 0.4) is 0 Å². The van der Waals surface area contributed by atoms with Crippen LogP contribution in [0.25, 0.3) is 0 Å². The highest BCUT2D eigenvalue weighted by molar-refractivity contribution is 6.19. The van der Waals surface area contributed by atoms with E-state index in [9.17, 15) is 19.5 Å². The van der Waals surface area contributed by atoms with Gasteiger partial charge in [0.15, 0.2) is 5.57 Å². The predicted molar refractivity (Wildman–Crippen MR) is 129 cm³/mol. The van der Waals surface area contributed by atoms with Crippen molar-refractivity contribution in [2.75, 3.05) is 13.6 Å². The molecule has 1 saturated carbocycles. The van der Waals surface area contributed by atoms with E-state index in [2.05, 4.69) is 15.7 Å². The van der Waals surface area contributed by atoms with E-state index in [0.29, 0.717) is 13.1 Å². The molecule has 0 aromatic carbocycles. The maximum atomic E-state index is 13.3. The first kappa shape index (κ1) is 24.7. The number of nitrogens with zero attached hydrogens (tertiary/aromatic N) is 4. The molecular formula is C25H34N6O4. The second-order valence-corrected chi connectivity index (χ2v) is 9.95. The summed E-state index contributed by atoms with van der Waals surface area (Å²) in [7, 11) is 1.71. The number of hydrogen-bond acceptors (Lipinski definition) is 7. The maximum absolute atomic E-state index is 13.3. The van der Waals surface area contributed by atoms with Crippen LogP contribution in [-0.2, 0) is 20.9 Å². The zero-order chi connectivity index (χ0) is 25.3. The van der Waals surface area contributed by atoms with Crippen molar-refractivity contribution in [1.82, 2.24) is 30.5 Å². The Labute approximate surface area is 205 Å². The van der Waals surface area contributed by atoms with Gasteiger partial charge in [-0.1, -0.05) is 26.0 Å². The molecule has 3 aliphatic rings. The van der Waals surface area contributed by atoms with Gasteiger partial charge in [-0.2, -0.15) is 0 Å². The molecule has 2 aliphatic heterocycles. The molecule has 10 nitrogen and oxygen atoms in total. The van der Waals surface area contributed by atoms with Crippen molar-refractivity contribution in [3.8, 4) is 0 Å². The number of carbonyl (C=O) groups excluding carboxylic acids is 3. The van der Waals surface area contributed by atoms with Gasteiger partial charge in [-0.15, -0.1) is 0 Å². The van der Waals surface area contributed by atoms with Crippen LogP contribution in [0.15, 0.2) is 48.0 Å². The Morgan fingerprint density at radius 3 is 2.71 bits per heavy atom. The minimum absolute atomic E-state index is 0.0575. The fraction of sp³-hybridized carbons (Fsp3) is 0.520. The van der Waals surface area contributed by atoms with Crippen molar-refractivity contribution in [1.29, 1.82) is 0 Å². The quantitative estimate of drug-likeness (QED) is 0.378. The Bertz CT molecular complexity index is 1040. The van der Waals surface area contributed by atoms with Gasteiger partial charge < -0.3 is 20.2 Å². The summed E-state index contributed by atoms with van der Waals surface area (Å²) < 4.78 is 0. The van der Waals surface area contributed by atoms with Crippen molar-refractivity contribution in [2.24, 2.45) is 11.8 Å². The lowest BCUT2D eigenvalue weighted by Gasteiger charge is -2.42. The first-order chi connectivity index (χ1) is 16.7. The second-order valence-electron chi connectivity index (χ2n) is 9.95. The number of hydrazine groups is 1. The molecule has 2 fully saturated rings. The molecule has 3 N–H and O–H groups in total. The van der Waals surface area contributed by atoms with Crippen LogP contribution in [0.1, 0.15) is 39.3 Å². The Balaban J connectivity index is 1.56. The number of aliphatic hydroxyl groups is 1. The van der Waals surface area contributed by atoms with E-state index in [1.165, 1.54) is 11.1 Å². The van der Waals surface area contributed by atoms with Crippen LogP contribution in [0, 0.1) is 11.8 Å². The molecule has 3 unspecified atom stereocenters. The molecular weight excluding hydrogens is 448 g/mol. The third kappa shape index (κ3) is 5.32. The Hall–Kier alpha value is -3.40. The average Bonchev–Trinajstić information content (AvgIpc) is 3.56. The summed E-state index contributed by atoms with van der Waals surface area (Å²) in [6, 6.07) is 5.41. The average molecular weight is 483 g/mol. The van der Waals surface area contributed by atoms with E-state index in [1.54, 1.807) is 29.1 Å². The van der Waals surface area contributed by atoms with Crippen LogP contribution in [0.2, 0.25) is 0 Å². The summed E-state index contributed by atoms with van der Waals surface area (Å²) in [5.41, 5.74) is 3.69. The number of pyridine rings is 1. The first-order valence-electron chi connectivity index (χ1n) is 12.1. The molecule has 1 aromatic heterocycles. The summed E-state index contributed by atoms with van der Waals surface area (Å²) in [5.74, 6) is -1.75. The van der Waals surface area contributed by atoms with Gasteiger partial charge in [-0.05, 0) is 43.9 Å². The summed E-state index contributed by atoms with van der Waals surface area (Å²) in [4.78, 5) is 46.4. The molecule has 3 atom stereocenters. The topological polar surface area (TPSA) is 118 Å². The van der Waals surface area contributed by atoms with Crippen LogP contribution >= 0.6 is 0 Å². The highest BCUT2D eigenvalue weighted by atomic mass is 16.3. The maximum Gasteiger partial charge on any atom is 0.280 e. The minimum Gasteiger partial charge on any atom is -0.494 e. The smallest absolute Gasteiger partial charge is 0.280 e. The number of aliphatic hydroxyl groups excluding tert-OH is 1. The van der Waals surface area contributed by atoms with Gasteiger partial charge in [0.1, 0.15) is 6.17 Å². The summed E-state index contributed by atoms with van der Waals surface area (Å²) in [5, 5.41) is 15.3. The minimum atomic E-state index is -0.567. The number of hydrogen-bond donors (Lipinski definition) is 3. The van der Waals surface area contributed by atoms with Crippen molar-refractivity contribution >= 4 is 17.7 Å². The third-order valence-corrected chi connectivity index (χ3v) is 6.44. The largest absolute Gasteiger partial charge is 0.494 e. The van der Waals surface area contributed by atoms with Crippen LogP contribution in [0.5, 0.6) is 0 Å². The lowest BCUT2D eigenvalue weighted by Crippen LogP contribution is -2.59. The highest BCUT2D eigenvalue weighted by Crippen LogP contribution is 2.35. The van der Waals surface area contributed by atoms with E-state index < -0.39 is 18.0 Å². The van der Waals surface area contributed by atoms with Gasteiger partial charge in [0.25, 0.3) is 11.8 Å². The van der Waals surface area contributed by atoms with Gasteiger partial charge in [0, 0.05) is 37.8 Å². The third-order valence-electron chi connectivity index (χ3n) is 6.44. The number of aromatic nitrogens is 1. The summed E-state index contributed by atoms with van der Waals surface area (Å²) in [6.45, 7) is 6.73. The molecule has 4 rings (SSSR count). The van der Waals surface area contributed by atoms with Crippen molar-refractivity contribution in [3.63, 3.8) is 0 Å². The van der Waals surface area contributed by atoms with Crippen molar-refractivity contribution < 1.29 is 19.5 Å². The second kappa shape index (κ2) is 10.1. The number of fused-ring (bicyclic) bond motifs is 1. The van der Waals surface area contributed by atoms with Crippen molar-refractivity contribution in [3.05, 3.63) is 53.7 Å². The standard InChI is InChI=1S/C25H34N6O4/c1-15(2)13-30-23-19(10-11-20(32)29(4)14-18-7-5-6-12-26-18)16(3)28-31(23)25(35)21(24(30)34)22(33)27-17-8-9-17/h5-7,10-12,15-17,19,23,28,34H,8-9,13-14H2,1-4H3,(H,27,33)/b11-10+. The van der Waals surface area contributed by atoms with E-state index in [4.69, 9.17) is 0 Å². The van der Waals surface area contributed by atoms with E-state index in [1.807, 2.05) is 39.0 Å². The fourth-order valence-corrected chi connectivity index (χ4v) is 4.49. The number of carbonyl (C=O) groups is 3. The van der Waals surface area contributed by atoms with E-state index in [0.717, 1.165) is 18.5 Å². The molecule has 0 bridgehead atoms. The molecule has 0 radical (unpaired) electrons. The SMILES string of the molecule is CC(C)CN1C(O)=C(C(=O)NC2CC2)C(=O)N2NC(C)C(/C=C/C(=O)N(C)Cc3ccccn3)C12. The lowest BCUT2D eigenvalue weighted by atomic mass is 9.95. The molecule has 35 heavy (non-hydrogen) atoms. The van der Waals surface area contributed by atoms with Gasteiger partial charge in [-0.25, -0.2) is 10.4 Å². The first-order valence-corrected chi connectivity index (χ1v) is 12.1. The highest BCUT2D eigenvalue weighted by Gasteiger charge is 2.51. The summed E-state index contributed by atoms with van der Waals surface area (Å²) >= 11 is 0. The van der Waals surface area contributed by atoms with Crippen LogP contribution in [-0.4, -0.2) is 74.5 Å². The van der Waals surface area contributed by atoms with E-state index >= 15 is 0 Å². The Morgan fingerprint density at radius 2 is 2.09 bits per heavy atom. The number of rotatable bonds is 8. The normalized spacial score (nSPS) is 24.4. The Kier molecular flexibility index (Phi) is 7.11. The number of nitrogens with one attached hydrogen (secondary N) is 2. The molecule has 3 heterocycles. The van der Waals surface area contributed by atoms with Gasteiger partial charge in [0.05, 0.1) is 12.2 Å². The van der Waals surface area contributed by atoms with Gasteiger partial charge >= 0.3 is 0 Å². The number of likely N-dealkylation sites (N-methyl/N-ethyl adjacent to an activating group) is 1. The van der Waals surface area contributed by atoms with Crippen LogP contribution < -0.4 is 10.7 Å². The predicted octanol–water partition coefficient (Wildman–Crippen LogP) is 1.29. The molecule has 1 aliphatic carbocycles. The monoisotopic (exact) mass is 482 g/mol. The molecule has 188 valence electrons. The van der Waals surface area contributed by atoms with Gasteiger partial charge in [-0.3, -0.25) is 19.4 Å².